The molecule has 0 amide bonds. The normalized spacial score (nSPS) is 11.0. The third-order valence-electron chi connectivity index (χ3n) is 2.01. The molecule has 0 N–H and O–H groups in total. The van der Waals surface area contributed by atoms with E-state index in [-0.39, 0.29) is 0 Å². The Morgan fingerprint density at radius 2 is 2.15 bits per heavy atom. The minimum Gasteiger partial charge on any atom is -0.143 e. The van der Waals surface area contributed by atoms with E-state index in [1.54, 1.807) is 0 Å². The number of thiophene rings is 1. The summed E-state index contributed by atoms with van der Waals surface area (Å²) in [6, 6.07) is 4.51. The zero-order valence-electron chi connectivity index (χ0n) is 7.43. The average Bonchev–Trinajstić information content (AvgIpc) is 2.46. The van der Waals surface area contributed by atoms with E-state index < -0.39 is 0 Å². The molecule has 0 aliphatic heterocycles. The summed E-state index contributed by atoms with van der Waals surface area (Å²) >= 11 is 6.05. The van der Waals surface area contributed by atoms with Crippen LogP contribution in [0.5, 0.6) is 0 Å². The van der Waals surface area contributed by atoms with Crippen molar-refractivity contribution in [2.45, 2.75) is 11.8 Å². The largest absolute Gasteiger partial charge is 0.143 e. The molecule has 1 aromatic carbocycles. The number of rotatable bonds is 1. The van der Waals surface area contributed by atoms with Crippen LogP contribution < -0.4 is 0 Å². The molecule has 2 aromatic rings. The van der Waals surface area contributed by atoms with Crippen molar-refractivity contribution in [1.82, 2.24) is 0 Å². The molecule has 0 bridgehead atoms. The van der Waals surface area contributed by atoms with Crippen molar-refractivity contribution in [2.75, 3.05) is 6.26 Å². The first-order valence-electron chi connectivity index (χ1n) is 3.93. The minimum atomic E-state index is 1.33. The van der Waals surface area contributed by atoms with Crippen LogP contribution in [0.3, 0.4) is 0 Å². The molecule has 0 aliphatic carbocycles. The Morgan fingerprint density at radius 3 is 2.85 bits per heavy atom. The molecule has 0 saturated heterocycles. The van der Waals surface area contributed by atoms with Gasteiger partial charge in [-0.2, -0.15) is 0 Å². The highest BCUT2D eigenvalue weighted by Gasteiger charge is 2.06. The van der Waals surface area contributed by atoms with Crippen LogP contribution in [0.15, 0.2) is 22.4 Å². The maximum absolute atomic E-state index is 2.38. The first-order chi connectivity index (χ1) is 6.22. The van der Waals surface area contributed by atoms with Crippen LogP contribution in [-0.2, 0) is 0 Å². The molecule has 3 heteroatoms. The fourth-order valence-electron chi connectivity index (χ4n) is 1.41. The summed E-state index contributed by atoms with van der Waals surface area (Å²) in [4.78, 5) is 1.40. The molecular formula is C10H9IS2. The number of hydrogen-bond donors (Lipinski definition) is 0. The second kappa shape index (κ2) is 3.79. The van der Waals surface area contributed by atoms with Crippen LogP contribution >= 0.6 is 45.7 Å². The van der Waals surface area contributed by atoms with Crippen molar-refractivity contribution < 1.29 is 0 Å². The second-order valence-electron chi connectivity index (χ2n) is 2.90. The predicted molar refractivity (Wildman–Crippen MR) is 71.1 cm³/mol. The zero-order valence-corrected chi connectivity index (χ0v) is 11.2. The summed E-state index contributed by atoms with van der Waals surface area (Å²) < 4.78 is 2.74. The van der Waals surface area contributed by atoms with Crippen molar-refractivity contribution in [3.63, 3.8) is 0 Å². The molecule has 0 unspecified atom stereocenters. The summed E-state index contributed by atoms with van der Waals surface area (Å²) in [6.45, 7) is 2.19. The maximum atomic E-state index is 2.38. The molecule has 2 rings (SSSR count). The number of aryl methyl sites for hydroxylation is 1. The third-order valence-corrected chi connectivity index (χ3v) is 4.44. The smallest absolute Gasteiger partial charge is 0.0367 e. The van der Waals surface area contributed by atoms with E-state index in [1.165, 1.54) is 24.1 Å². The lowest BCUT2D eigenvalue weighted by molar-refractivity contribution is 1.48. The zero-order chi connectivity index (χ0) is 9.42. The van der Waals surface area contributed by atoms with Gasteiger partial charge in [-0.05, 0) is 58.8 Å². The van der Waals surface area contributed by atoms with Gasteiger partial charge in [-0.1, -0.05) is 0 Å². The highest BCUT2D eigenvalue weighted by atomic mass is 127. The van der Waals surface area contributed by atoms with Gasteiger partial charge < -0.3 is 0 Å². The summed E-state index contributed by atoms with van der Waals surface area (Å²) in [5, 5.41) is 3.68. The van der Waals surface area contributed by atoms with E-state index in [9.17, 15) is 0 Å². The van der Waals surface area contributed by atoms with Gasteiger partial charge in [-0.15, -0.1) is 23.1 Å². The van der Waals surface area contributed by atoms with Gasteiger partial charge in [0.2, 0.25) is 0 Å². The van der Waals surface area contributed by atoms with Crippen LogP contribution in [0.1, 0.15) is 5.56 Å². The third kappa shape index (κ3) is 1.74. The number of benzene rings is 1. The molecular weight excluding hydrogens is 311 g/mol. The Kier molecular flexibility index (Phi) is 2.86. The van der Waals surface area contributed by atoms with Gasteiger partial charge in [0.1, 0.15) is 0 Å². The molecule has 1 aromatic heterocycles. The first-order valence-corrected chi connectivity index (χ1v) is 7.12. The Labute approximate surface area is 99.9 Å². The average molecular weight is 320 g/mol. The van der Waals surface area contributed by atoms with Gasteiger partial charge in [0.05, 0.1) is 0 Å². The number of halogens is 1. The molecule has 0 atom stereocenters. The highest BCUT2D eigenvalue weighted by molar-refractivity contribution is 14.1. The van der Waals surface area contributed by atoms with Gasteiger partial charge >= 0.3 is 0 Å². The molecule has 13 heavy (non-hydrogen) atoms. The fourth-order valence-corrected chi connectivity index (χ4v) is 4.25. The van der Waals surface area contributed by atoms with E-state index >= 15 is 0 Å². The predicted octanol–water partition coefficient (Wildman–Crippen LogP) is 4.54. The maximum Gasteiger partial charge on any atom is 0.0367 e. The van der Waals surface area contributed by atoms with E-state index in [2.05, 4.69) is 53.3 Å². The molecule has 0 aliphatic rings. The summed E-state index contributed by atoms with van der Waals surface area (Å²) in [6.07, 6.45) is 2.14. The lowest BCUT2D eigenvalue weighted by atomic mass is 10.2. The summed E-state index contributed by atoms with van der Waals surface area (Å²) in [5.41, 5.74) is 1.40. The summed E-state index contributed by atoms with van der Waals surface area (Å²) in [5.74, 6) is 0. The molecule has 0 saturated carbocycles. The highest BCUT2D eigenvalue weighted by Crippen LogP contribution is 2.34. The SMILES string of the molecule is CSc1cc(I)cc2scc(C)c12. The number of fused-ring (bicyclic) bond motifs is 1. The van der Waals surface area contributed by atoms with Gasteiger partial charge in [0.15, 0.2) is 0 Å². The van der Waals surface area contributed by atoms with Crippen molar-refractivity contribution in [3.8, 4) is 0 Å². The number of hydrogen-bond acceptors (Lipinski definition) is 2. The van der Waals surface area contributed by atoms with Crippen molar-refractivity contribution in [1.29, 1.82) is 0 Å². The Balaban J connectivity index is 2.85. The quantitative estimate of drug-likeness (QED) is 0.549. The fraction of sp³-hybridized carbons (Fsp3) is 0.200. The Bertz CT molecular complexity index is 445. The van der Waals surface area contributed by atoms with E-state index in [0.29, 0.717) is 0 Å². The van der Waals surface area contributed by atoms with Crippen LogP contribution in [0.4, 0.5) is 0 Å². The van der Waals surface area contributed by atoms with Crippen molar-refractivity contribution in [3.05, 3.63) is 26.6 Å². The molecule has 68 valence electrons. The molecule has 0 fully saturated rings. The molecule has 1 heterocycles. The van der Waals surface area contributed by atoms with Crippen LogP contribution in [-0.4, -0.2) is 6.26 Å². The van der Waals surface area contributed by atoms with Crippen LogP contribution in [0, 0.1) is 10.5 Å². The van der Waals surface area contributed by atoms with Crippen molar-refractivity contribution in [2.24, 2.45) is 0 Å². The van der Waals surface area contributed by atoms with Crippen LogP contribution in [0.25, 0.3) is 10.1 Å². The molecule has 0 radical (unpaired) electrons. The van der Waals surface area contributed by atoms with Crippen LogP contribution in [0.2, 0.25) is 0 Å². The number of thioether (sulfide) groups is 1. The van der Waals surface area contributed by atoms with Gasteiger partial charge in [-0.3, -0.25) is 0 Å². The van der Waals surface area contributed by atoms with E-state index in [4.69, 9.17) is 0 Å². The standard InChI is InChI=1S/C10H9IS2/c1-6-5-13-9-4-7(11)3-8(12-2)10(6)9/h3-5H,1-2H3. The second-order valence-corrected chi connectivity index (χ2v) is 5.90. The van der Waals surface area contributed by atoms with E-state index in [0.717, 1.165) is 0 Å². The van der Waals surface area contributed by atoms with Gasteiger partial charge in [0, 0.05) is 18.6 Å². The van der Waals surface area contributed by atoms with Gasteiger partial charge in [0.25, 0.3) is 0 Å². The Hall–Kier alpha value is 0.260. The van der Waals surface area contributed by atoms with Crippen molar-refractivity contribution >= 4 is 55.8 Å². The lowest BCUT2D eigenvalue weighted by Gasteiger charge is -2.01. The lowest BCUT2D eigenvalue weighted by Crippen LogP contribution is -1.77. The molecule has 0 nitrogen and oxygen atoms in total. The topological polar surface area (TPSA) is 0 Å². The van der Waals surface area contributed by atoms with E-state index in [1.807, 2.05) is 23.1 Å². The first kappa shape index (κ1) is 9.80. The minimum absolute atomic E-state index is 1.33. The van der Waals surface area contributed by atoms with Gasteiger partial charge in [-0.25, -0.2) is 0 Å². The summed E-state index contributed by atoms with van der Waals surface area (Å²) in [7, 11) is 0. The monoisotopic (exact) mass is 320 g/mol. The Morgan fingerprint density at radius 1 is 1.38 bits per heavy atom. The molecule has 0 spiro atoms.